The zero-order chi connectivity index (χ0) is 10.4. The number of halogens is 1. The van der Waals surface area contributed by atoms with E-state index in [2.05, 4.69) is 18.7 Å². The van der Waals surface area contributed by atoms with Gasteiger partial charge in [0.05, 0.1) is 0 Å². The van der Waals surface area contributed by atoms with Crippen molar-refractivity contribution in [3.05, 3.63) is 0 Å². The zero-order valence-corrected chi connectivity index (χ0v) is 10.4. The maximum atomic E-state index is 6.05. The fourth-order valence-corrected chi connectivity index (χ4v) is 2.86. The zero-order valence-electron chi connectivity index (χ0n) is 9.64. The van der Waals surface area contributed by atoms with Crippen molar-refractivity contribution in [1.82, 2.24) is 4.90 Å². The second-order valence-corrected chi connectivity index (χ2v) is 4.84. The minimum Gasteiger partial charge on any atom is -0.297 e. The summed E-state index contributed by atoms with van der Waals surface area (Å²) in [6.45, 7) is 5.89. The number of rotatable bonds is 4. The summed E-state index contributed by atoms with van der Waals surface area (Å²) in [6, 6.07) is 1.36. The predicted octanol–water partition coefficient (Wildman–Crippen LogP) is 3.66. The lowest BCUT2D eigenvalue weighted by molar-refractivity contribution is 0.151. The highest BCUT2D eigenvalue weighted by molar-refractivity contribution is 6.18. The molecule has 1 fully saturated rings. The summed E-state index contributed by atoms with van der Waals surface area (Å²) in [5.41, 5.74) is 0. The van der Waals surface area contributed by atoms with E-state index in [0.717, 1.165) is 11.9 Å². The van der Waals surface area contributed by atoms with Crippen LogP contribution in [-0.4, -0.2) is 29.4 Å². The Hall–Kier alpha value is 0.250. The lowest BCUT2D eigenvalue weighted by atomic mass is 10.1. The third-order valence-electron chi connectivity index (χ3n) is 3.37. The summed E-state index contributed by atoms with van der Waals surface area (Å²) < 4.78 is 0. The van der Waals surface area contributed by atoms with Crippen LogP contribution >= 0.6 is 11.6 Å². The molecule has 0 aromatic heterocycles. The molecule has 2 heteroatoms. The van der Waals surface area contributed by atoms with Gasteiger partial charge in [0.15, 0.2) is 0 Å². The van der Waals surface area contributed by atoms with Crippen LogP contribution < -0.4 is 0 Å². The van der Waals surface area contributed by atoms with E-state index in [1.54, 1.807) is 0 Å². The van der Waals surface area contributed by atoms with Crippen molar-refractivity contribution in [2.24, 2.45) is 0 Å². The van der Waals surface area contributed by atoms with Crippen molar-refractivity contribution >= 4 is 11.6 Å². The van der Waals surface area contributed by atoms with Gasteiger partial charge in [-0.25, -0.2) is 0 Å². The van der Waals surface area contributed by atoms with E-state index in [1.807, 2.05) is 0 Å². The first-order valence-electron chi connectivity index (χ1n) is 6.11. The quantitative estimate of drug-likeness (QED) is 0.650. The summed E-state index contributed by atoms with van der Waals surface area (Å²) in [6.07, 6.45) is 8.02. The molecule has 1 rings (SSSR count). The first-order chi connectivity index (χ1) is 6.79. The maximum Gasteiger partial charge on any atom is 0.0379 e. The molecule has 0 N–H and O–H groups in total. The summed E-state index contributed by atoms with van der Waals surface area (Å²) in [7, 11) is 0. The Balaban J connectivity index is 2.50. The van der Waals surface area contributed by atoms with Crippen LogP contribution in [0.3, 0.4) is 0 Å². The topological polar surface area (TPSA) is 3.24 Å². The molecule has 0 aliphatic carbocycles. The standard InChI is InChI=1S/C12H24ClN/c1-3-7-11(2)14-9-6-4-5-8-12(14)10-13/h11-12H,3-10H2,1-2H3. The Morgan fingerprint density at radius 3 is 2.79 bits per heavy atom. The normalized spacial score (nSPS) is 27.2. The highest BCUT2D eigenvalue weighted by Crippen LogP contribution is 2.21. The molecule has 0 aromatic rings. The third kappa shape index (κ3) is 3.43. The van der Waals surface area contributed by atoms with Gasteiger partial charge in [0.1, 0.15) is 0 Å². The first kappa shape index (κ1) is 12.3. The molecule has 1 heterocycles. The molecule has 14 heavy (non-hydrogen) atoms. The third-order valence-corrected chi connectivity index (χ3v) is 3.73. The number of alkyl halides is 1. The number of nitrogens with zero attached hydrogens (tertiary/aromatic N) is 1. The number of hydrogen-bond acceptors (Lipinski definition) is 1. The summed E-state index contributed by atoms with van der Waals surface area (Å²) >= 11 is 6.05. The summed E-state index contributed by atoms with van der Waals surface area (Å²) in [4.78, 5) is 2.64. The van der Waals surface area contributed by atoms with E-state index in [0.29, 0.717) is 6.04 Å². The van der Waals surface area contributed by atoms with E-state index in [-0.39, 0.29) is 0 Å². The van der Waals surface area contributed by atoms with Gasteiger partial charge in [0.25, 0.3) is 0 Å². The van der Waals surface area contributed by atoms with Gasteiger partial charge < -0.3 is 0 Å². The van der Waals surface area contributed by atoms with Crippen LogP contribution in [0.1, 0.15) is 52.4 Å². The second-order valence-electron chi connectivity index (χ2n) is 4.53. The molecule has 1 aliphatic heterocycles. The highest BCUT2D eigenvalue weighted by atomic mass is 35.5. The SMILES string of the molecule is CCCC(C)N1CCCCCC1CCl. The van der Waals surface area contributed by atoms with Gasteiger partial charge in [-0.05, 0) is 32.7 Å². The minimum atomic E-state index is 0.640. The monoisotopic (exact) mass is 217 g/mol. The van der Waals surface area contributed by atoms with Crippen LogP contribution in [0.2, 0.25) is 0 Å². The molecule has 0 saturated carbocycles. The largest absolute Gasteiger partial charge is 0.297 e. The van der Waals surface area contributed by atoms with Crippen molar-refractivity contribution in [2.75, 3.05) is 12.4 Å². The van der Waals surface area contributed by atoms with Gasteiger partial charge in [-0.2, -0.15) is 0 Å². The molecule has 1 saturated heterocycles. The van der Waals surface area contributed by atoms with Crippen molar-refractivity contribution in [2.45, 2.75) is 64.5 Å². The average molecular weight is 218 g/mol. The summed E-state index contributed by atoms with van der Waals surface area (Å²) in [5, 5.41) is 0. The van der Waals surface area contributed by atoms with Crippen molar-refractivity contribution in [1.29, 1.82) is 0 Å². The van der Waals surface area contributed by atoms with Crippen LogP contribution in [0.15, 0.2) is 0 Å². The van der Waals surface area contributed by atoms with Crippen LogP contribution in [0.4, 0.5) is 0 Å². The fraction of sp³-hybridized carbons (Fsp3) is 1.00. The Morgan fingerprint density at radius 2 is 2.14 bits per heavy atom. The van der Waals surface area contributed by atoms with Crippen LogP contribution in [-0.2, 0) is 0 Å². The van der Waals surface area contributed by atoms with Crippen molar-refractivity contribution in [3.8, 4) is 0 Å². The van der Waals surface area contributed by atoms with Crippen molar-refractivity contribution in [3.63, 3.8) is 0 Å². The lowest BCUT2D eigenvalue weighted by Crippen LogP contribution is -2.42. The van der Waals surface area contributed by atoms with E-state index in [9.17, 15) is 0 Å². The van der Waals surface area contributed by atoms with Crippen molar-refractivity contribution < 1.29 is 0 Å². The van der Waals surface area contributed by atoms with E-state index in [4.69, 9.17) is 11.6 Å². The van der Waals surface area contributed by atoms with Crippen LogP contribution in [0, 0.1) is 0 Å². The van der Waals surface area contributed by atoms with Crippen LogP contribution in [0.25, 0.3) is 0 Å². The molecule has 0 spiro atoms. The molecule has 0 amide bonds. The molecule has 2 unspecified atom stereocenters. The van der Waals surface area contributed by atoms with Gasteiger partial charge in [0.2, 0.25) is 0 Å². The van der Waals surface area contributed by atoms with E-state index in [1.165, 1.54) is 45.1 Å². The summed E-state index contributed by atoms with van der Waals surface area (Å²) in [5.74, 6) is 0.814. The molecule has 84 valence electrons. The molecular formula is C12H24ClN. The minimum absolute atomic E-state index is 0.640. The van der Waals surface area contributed by atoms with Gasteiger partial charge in [-0.15, -0.1) is 11.6 Å². The first-order valence-corrected chi connectivity index (χ1v) is 6.64. The van der Waals surface area contributed by atoms with Gasteiger partial charge in [-0.3, -0.25) is 4.90 Å². The lowest BCUT2D eigenvalue weighted by Gasteiger charge is -2.34. The molecule has 1 aliphatic rings. The number of hydrogen-bond donors (Lipinski definition) is 0. The molecule has 0 radical (unpaired) electrons. The van der Waals surface area contributed by atoms with Gasteiger partial charge in [0, 0.05) is 18.0 Å². The van der Waals surface area contributed by atoms with E-state index < -0.39 is 0 Å². The van der Waals surface area contributed by atoms with E-state index >= 15 is 0 Å². The molecule has 0 bridgehead atoms. The van der Waals surface area contributed by atoms with Crippen LogP contribution in [0.5, 0.6) is 0 Å². The average Bonchev–Trinajstić information content (AvgIpc) is 2.42. The smallest absolute Gasteiger partial charge is 0.0379 e. The van der Waals surface area contributed by atoms with Gasteiger partial charge in [-0.1, -0.05) is 26.2 Å². The Morgan fingerprint density at radius 1 is 1.36 bits per heavy atom. The van der Waals surface area contributed by atoms with Gasteiger partial charge >= 0.3 is 0 Å². The fourth-order valence-electron chi connectivity index (χ4n) is 2.53. The molecule has 1 nitrogen and oxygen atoms in total. The maximum absolute atomic E-state index is 6.05. The molecular weight excluding hydrogens is 194 g/mol. The molecule has 2 atom stereocenters. The second kappa shape index (κ2) is 6.68. The Labute approximate surface area is 93.8 Å². The molecule has 0 aromatic carbocycles. The Bertz CT molecular complexity index is 149. The predicted molar refractivity (Wildman–Crippen MR) is 64.1 cm³/mol. The number of likely N-dealkylation sites (tertiary alicyclic amines) is 1. The Kier molecular flexibility index (Phi) is 5.88. The highest BCUT2D eigenvalue weighted by Gasteiger charge is 2.23.